The highest BCUT2D eigenvalue weighted by atomic mass is 79.9. The topological polar surface area (TPSA) is 9.23 Å². The number of hydrogen-bond donors (Lipinski definition) is 0. The minimum Gasteiger partial charge on any atom is -0.494 e. The maximum Gasteiger partial charge on any atom is 0.124 e. The number of ether oxygens (including phenoxy) is 1. The molecule has 2 aromatic rings. The zero-order valence-electron chi connectivity index (χ0n) is 10.4. The van der Waals surface area contributed by atoms with Crippen molar-refractivity contribution in [1.29, 1.82) is 0 Å². The molecule has 0 aliphatic heterocycles. The lowest BCUT2D eigenvalue weighted by Crippen LogP contribution is -2.00. The third kappa shape index (κ3) is 3.53. The van der Waals surface area contributed by atoms with Gasteiger partial charge in [-0.05, 0) is 36.8 Å². The zero-order chi connectivity index (χ0) is 13.8. The molecule has 0 spiro atoms. The van der Waals surface area contributed by atoms with Gasteiger partial charge >= 0.3 is 0 Å². The van der Waals surface area contributed by atoms with Gasteiger partial charge in [0.25, 0.3) is 0 Å². The fourth-order valence-electron chi connectivity index (χ4n) is 1.85. The van der Waals surface area contributed by atoms with Crippen molar-refractivity contribution < 1.29 is 4.74 Å². The van der Waals surface area contributed by atoms with Crippen LogP contribution in [0, 0.1) is 0 Å². The van der Waals surface area contributed by atoms with Gasteiger partial charge in [-0.2, -0.15) is 0 Å². The first-order valence-corrected chi connectivity index (χ1v) is 7.96. The van der Waals surface area contributed by atoms with Gasteiger partial charge in [0.2, 0.25) is 0 Å². The molecule has 19 heavy (non-hydrogen) atoms. The number of alkyl halides is 1. The molecule has 0 bridgehead atoms. The van der Waals surface area contributed by atoms with E-state index in [0.717, 1.165) is 25.8 Å². The van der Waals surface area contributed by atoms with Gasteiger partial charge in [-0.15, -0.1) is 11.6 Å². The number of rotatable bonds is 4. The largest absolute Gasteiger partial charge is 0.494 e. The molecule has 0 N–H and O–H groups in total. The highest BCUT2D eigenvalue weighted by Crippen LogP contribution is 2.39. The van der Waals surface area contributed by atoms with Crippen molar-refractivity contribution in [2.75, 3.05) is 6.61 Å². The molecule has 0 aromatic heterocycles. The first-order valence-electron chi connectivity index (χ1n) is 5.94. The van der Waals surface area contributed by atoms with Crippen molar-refractivity contribution in [2.45, 2.75) is 12.3 Å². The van der Waals surface area contributed by atoms with Crippen molar-refractivity contribution in [3.8, 4) is 5.75 Å². The first kappa shape index (κ1) is 14.9. The second kappa shape index (κ2) is 6.78. The summed E-state index contributed by atoms with van der Waals surface area (Å²) in [5.74, 6) is 0.830. The van der Waals surface area contributed by atoms with Gasteiger partial charge in [0.15, 0.2) is 0 Å². The highest BCUT2D eigenvalue weighted by molar-refractivity contribution is 9.11. The molecule has 2 aromatic carbocycles. The van der Waals surface area contributed by atoms with E-state index >= 15 is 0 Å². The van der Waals surface area contributed by atoms with Crippen LogP contribution in [0.4, 0.5) is 0 Å². The lowest BCUT2D eigenvalue weighted by molar-refractivity contribution is 0.337. The lowest BCUT2D eigenvalue weighted by atomic mass is 10.0. The second-order valence-electron chi connectivity index (χ2n) is 4.00. The SMILES string of the molecule is CCOc1ccccc1C(Cl)c1cc(Br)ccc1Br. The van der Waals surface area contributed by atoms with E-state index in [1.165, 1.54) is 0 Å². The first-order chi connectivity index (χ1) is 9.13. The van der Waals surface area contributed by atoms with Gasteiger partial charge in [-0.25, -0.2) is 0 Å². The van der Waals surface area contributed by atoms with Crippen LogP contribution in [0.1, 0.15) is 23.4 Å². The van der Waals surface area contributed by atoms with Crippen molar-refractivity contribution >= 4 is 43.5 Å². The molecule has 0 radical (unpaired) electrons. The number of benzene rings is 2. The van der Waals surface area contributed by atoms with Crippen LogP contribution in [0.3, 0.4) is 0 Å². The predicted molar refractivity (Wildman–Crippen MR) is 87.1 cm³/mol. The minimum atomic E-state index is -0.255. The Bertz CT molecular complexity index is 572. The molecule has 0 heterocycles. The molecule has 2 rings (SSSR count). The molecule has 0 aliphatic rings. The molecule has 0 saturated carbocycles. The van der Waals surface area contributed by atoms with E-state index in [1.54, 1.807) is 0 Å². The van der Waals surface area contributed by atoms with Crippen molar-refractivity contribution in [1.82, 2.24) is 0 Å². The van der Waals surface area contributed by atoms with Crippen LogP contribution in [0.15, 0.2) is 51.4 Å². The molecule has 0 amide bonds. The Morgan fingerprint density at radius 3 is 2.58 bits per heavy atom. The molecule has 100 valence electrons. The average molecular weight is 405 g/mol. The Morgan fingerprint density at radius 1 is 1.11 bits per heavy atom. The normalized spacial score (nSPS) is 12.2. The van der Waals surface area contributed by atoms with Crippen LogP contribution in [0.25, 0.3) is 0 Å². The van der Waals surface area contributed by atoms with Gasteiger partial charge in [-0.3, -0.25) is 0 Å². The van der Waals surface area contributed by atoms with Crippen LogP contribution < -0.4 is 4.74 Å². The van der Waals surface area contributed by atoms with Crippen molar-refractivity contribution in [2.24, 2.45) is 0 Å². The Morgan fingerprint density at radius 2 is 1.84 bits per heavy atom. The van der Waals surface area contributed by atoms with Crippen molar-refractivity contribution in [3.05, 3.63) is 62.5 Å². The second-order valence-corrected chi connectivity index (χ2v) is 6.21. The monoisotopic (exact) mass is 402 g/mol. The standard InChI is InChI=1S/C15H13Br2ClO/c1-2-19-14-6-4-3-5-11(14)15(18)12-9-10(16)7-8-13(12)17/h3-9,15H,2H2,1H3. The Balaban J connectivity index is 2.43. The molecular weight excluding hydrogens is 391 g/mol. The molecule has 0 aliphatic carbocycles. The molecule has 1 nitrogen and oxygen atoms in total. The van der Waals surface area contributed by atoms with Crippen LogP contribution in [0.5, 0.6) is 5.75 Å². The van der Waals surface area contributed by atoms with Gasteiger partial charge < -0.3 is 4.74 Å². The van der Waals surface area contributed by atoms with E-state index in [1.807, 2.05) is 49.4 Å². The van der Waals surface area contributed by atoms with Gasteiger partial charge in [0.05, 0.1) is 12.0 Å². The Labute approximate surface area is 135 Å². The quantitative estimate of drug-likeness (QED) is 0.573. The van der Waals surface area contributed by atoms with Crippen LogP contribution in [-0.2, 0) is 0 Å². The van der Waals surface area contributed by atoms with E-state index in [-0.39, 0.29) is 5.38 Å². The summed E-state index contributed by atoms with van der Waals surface area (Å²) in [5.41, 5.74) is 1.99. The summed E-state index contributed by atoms with van der Waals surface area (Å²) in [7, 11) is 0. The minimum absolute atomic E-state index is 0.255. The smallest absolute Gasteiger partial charge is 0.124 e. The predicted octanol–water partition coefficient (Wildman–Crippen LogP) is 5.94. The van der Waals surface area contributed by atoms with Crippen molar-refractivity contribution in [3.63, 3.8) is 0 Å². The summed E-state index contributed by atoms with van der Waals surface area (Å²) in [6.45, 7) is 2.59. The van der Waals surface area contributed by atoms with E-state index < -0.39 is 0 Å². The van der Waals surface area contributed by atoms with E-state index in [4.69, 9.17) is 16.3 Å². The van der Waals surface area contributed by atoms with Crippen LogP contribution >= 0.6 is 43.5 Å². The number of hydrogen-bond acceptors (Lipinski definition) is 1. The van der Waals surface area contributed by atoms with Crippen LogP contribution in [0.2, 0.25) is 0 Å². The van der Waals surface area contributed by atoms with Crippen LogP contribution in [-0.4, -0.2) is 6.61 Å². The maximum absolute atomic E-state index is 6.62. The maximum atomic E-state index is 6.62. The van der Waals surface area contributed by atoms with E-state index in [2.05, 4.69) is 31.9 Å². The van der Waals surface area contributed by atoms with Gasteiger partial charge in [-0.1, -0.05) is 50.1 Å². The lowest BCUT2D eigenvalue weighted by Gasteiger charge is -2.16. The third-order valence-corrected chi connectivity index (χ3v) is 4.41. The van der Waals surface area contributed by atoms with E-state index in [9.17, 15) is 0 Å². The fraction of sp³-hybridized carbons (Fsp3) is 0.200. The number of para-hydroxylation sites is 1. The summed E-state index contributed by atoms with van der Waals surface area (Å²) in [4.78, 5) is 0. The summed E-state index contributed by atoms with van der Waals surface area (Å²) in [6, 6.07) is 13.8. The summed E-state index contributed by atoms with van der Waals surface area (Å²) in [5, 5.41) is -0.255. The van der Waals surface area contributed by atoms with Gasteiger partial charge in [0, 0.05) is 14.5 Å². The third-order valence-electron chi connectivity index (χ3n) is 2.72. The summed E-state index contributed by atoms with van der Waals surface area (Å²) >= 11 is 13.6. The average Bonchev–Trinajstić information content (AvgIpc) is 2.42. The summed E-state index contributed by atoms with van der Waals surface area (Å²) in [6.07, 6.45) is 0. The van der Waals surface area contributed by atoms with E-state index in [0.29, 0.717) is 6.61 Å². The molecule has 4 heteroatoms. The molecule has 1 unspecified atom stereocenters. The number of halogens is 3. The Hall–Kier alpha value is -0.510. The molecule has 0 saturated heterocycles. The zero-order valence-corrected chi connectivity index (χ0v) is 14.3. The molecular formula is C15H13Br2ClO. The Kier molecular flexibility index (Phi) is 5.31. The highest BCUT2D eigenvalue weighted by Gasteiger charge is 2.18. The molecule has 1 atom stereocenters. The fourth-order valence-corrected chi connectivity index (χ4v) is 3.20. The summed E-state index contributed by atoms with van der Waals surface area (Å²) < 4.78 is 7.63. The van der Waals surface area contributed by atoms with Gasteiger partial charge in [0.1, 0.15) is 5.75 Å². The molecule has 0 fully saturated rings.